The Morgan fingerprint density at radius 1 is 1.29 bits per heavy atom. The van der Waals surface area contributed by atoms with Crippen LogP contribution in [0.2, 0.25) is 0 Å². The van der Waals surface area contributed by atoms with Crippen molar-refractivity contribution in [2.24, 2.45) is 4.99 Å². The van der Waals surface area contributed by atoms with E-state index in [4.69, 9.17) is 0 Å². The first-order chi connectivity index (χ1) is 10.3. The van der Waals surface area contributed by atoms with Crippen LogP contribution in [0.1, 0.15) is 18.9 Å². The first kappa shape index (κ1) is 17.2. The van der Waals surface area contributed by atoms with Gasteiger partial charge in [-0.1, -0.05) is 36.4 Å². The van der Waals surface area contributed by atoms with Crippen molar-refractivity contribution in [1.82, 2.24) is 15.5 Å². The third kappa shape index (κ3) is 8.15. The molecule has 0 aromatic heterocycles. The van der Waals surface area contributed by atoms with Gasteiger partial charge in [-0.2, -0.15) is 0 Å². The van der Waals surface area contributed by atoms with Gasteiger partial charge in [0, 0.05) is 26.2 Å². The number of guanidine groups is 1. The predicted molar refractivity (Wildman–Crippen MR) is 91.6 cm³/mol. The molecule has 0 aliphatic carbocycles. The Bertz CT molecular complexity index is 414. The summed E-state index contributed by atoms with van der Waals surface area (Å²) in [6.07, 6.45) is 2.88. The Morgan fingerprint density at radius 2 is 2.05 bits per heavy atom. The first-order valence-corrected chi connectivity index (χ1v) is 7.61. The highest BCUT2D eigenvalue weighted by Crippen LogP contribution is 2.02. The maximum atomic E-state index is 4.55. The van der Waals surface area contributed by atoms with E-state index < -0.39 is 0 Å². The fraction of sp³-hybridized carbons (Fsp3) is 0.471. The van der Waals surface area contributed by atoms with E-state index in [9.17, 15) is 0 Å². The van der Waals surface area contributed by atoms with Crippen LogP contribution < -0.4 is 10.6 Å². The highest BCUT2D eigenvalue weighted by molar-refractivity contribution is 5.79. The number of nitrogens with one attached hydrogen (secondary N) is 2. The van der Waals surface area contributed by atoms with Crippen LogP contribution in [0.15, 0.2) is 48.0 Å². The lowest BCUT2D eigenvalue weighted by Gasteiger charge is -2.16. The van der Waals surface area contributed by atoms with Crippen molar-refractivity contribution in [2.45, 2.75) is 19.9 Å². The van der Waals surface area contributed by atoms with Gasteiger partial charge in [-0.25, -0.2) is 0 Å². The lowest BCUT2D eigenvalue weighted by Crippen LogP contribution is -2.37. The van der Waals surface area contributed by atoms with Crippen LogP contribution in [0.3, 0.4) is 0 Å². The first-order valence-electron chi connectivity index (χ1n) is 7.61. The third-order valence-corrected chi connectivity index (χ3v) is 3.02. The molecule has 0 unspecified atom stereocenters. The second-order valence-electron chi connectivity index (χ2n) is 5.01. The topological polar surface area (TPSA) is 39.7 Å². The van der Waals surface area contributed by atoms with Gasteiger partial charge in [0.1, 0.15) is 0 Å². The summed E-state index contributed by atoms with van der Waals surface area (Å²) >= 11 is 0. The average Bonchev–Trinajstić information content (AvgIpc) is 2.50. The van der Waals surface area contributed by atoms with Crippen LogP contribution in [0.5, 0.6) is 0 Å². The molecular formula is C17H28N4. The number of hydrogen-bond acceptors (Lipinski definition) is 2. The Labute approximate surface area is 129 Å². The molecule has 0 radical (unpaired) electrons. The van der Waals surface area contributed by atoms with E-state index in [1.165, 1.54) is 5.56 Å². The van der Waals surface area contributed by atoms with Gasteiger partial charge in [0.15, 0.2) is 5.96 Å². The lowest BCUT2D eigenvalue weighted by molar-refractivity contribution is 0.324. The van der Waals surface area contributed by atoms with Gasteiger partial charge in [0.05, 0.1) is 0 Å². The number of aliphatic imine (C=N–C) groups is 1. The van der Waals surface area contributed by atoms with Gasteiger partial charge < -0.3 is 15.5 Å². The highest BCUT2D eigenvalue weighted by Gasteiger charge is 2.00. The second-order valence-corrected chi connectivity index (χ2v) is 5.01. The van der Waals surface area contributed by atoms with Crippen LogP contribution in [0, 0.1) is 0 Å². The summed E-state index contributed by atoms with van der Waals surface area (Å²) in [5, 5.41) is 6.43. The summed E-state index contributed by atoms with van der Waals surface area (Å²) in [7, 11) is 2.15. The molecule has 0 heterocycles. The molecule has 21 heavy (non-hydrogen) atoms. The molecule has 0 amide bonds. The maximum absolute atomic E-state index is 4.55. The van der Waals surface area contributed by atoms with Crippen molar-refractivity contribution in [1.29, 1.82) is 0 Å². The molecule has 0 saturated carbocycles. The fourth-order valence-electron chi connectivity index (χ4n) is 2.02. The van der Waals surface area contributed by atoms with Gasteiger partial charge in [-0.05, 0) is 32.5 Å². The van der Waals surface area contributed by atoms with Crippen LogP contribution in [0.25, 0.3) is 0 Å². The Kier molecular flexibility index (Phi) is 8.96. The molecule has 1 aromatic carbocycles. The standard InChI is InChI=1S/C17H28N4/c1-4-12-19-17(18-5-2)20-13-9-14-21(3)15-16-10-7-6-8-11-16/h4,6-8,10-11H,1,5,9,12-15H2,2-3H3,(H2,18,19,20). The summed E-state index contributed by atoms with van der Waals surface area (Å²) in [5.74, 6) is 0.864. The summed E-state index contributed by atoms with van der Waals surface area (Å²) in [5.41, 5.74) is 1.35. The number of rotatable bonds is 9. The SMILES string of the molecule is C=CCNC(=NCCCN(C)Cc1ccccc1)NCC. The van der Waals surface area contributed by atoms with Gasteiger partial charge in [0.25, 0.3) is 0 Å². The zero-order chi connectivity index (χ0) is 15.3. The maximum Gasteiger partial charge on any atom is 0.191 e. The van der Waals surface area contributed by atoms with Crippen molar-refractivity contribution < 1.29 is 0 Å². The minimum absolute atomic E-state index is 0.736. The minimum Gasteiger partial charge on any atom is -0.357 e. The van der Waals surface area contributed by atoms with Crippen molar-refractivity contribution in [3.8, 4) is 0 Å². The van der Waals surface area contributed by atoms with Gasteiger partial charge in [-0.3, -0.25) is 4.99 Å². The molecule has 0 spiro atoms. The summed E-state index contributed by atoms with van der Waals surface area (Å²) in [4.78, 5) is 6.88. The van der Waals surface area contributed by atoms with E-state index in [0.717, 1.165) is 45.1 Å². The molecule has 0 fully saturated rings. The van der Waals surface area contributed by atoms with Crippen LogP contribution >= 0.6 is 0 Å². The zero-order valence-electron chi connectivity index (χ0n) is 13.3. The monoisotopic (exact) mass is 288 g/mol. The quantitative estimate of drug-likeness (QED) is 0.317. The number of hydrogen-bond donors (Lipinski definition) is 2. The van der Waals surface area contributed by atoms with E-state index in [0.29, 0.717) is 0 Å². The van der Waals surface area contributed by atoms with Crippen LogP contribution in [-0.4, -0.2) is 44.1 Å². The Hall–Kier alpha value is -1.81. The van der Waals surface area contributed by atoms with E-state index in [1.54, 1.807) is 0 Å². The largest absolute Gasteiger partial charge is 0.357 e. The summed E-state index contributed by atoms with van der Waals surface area (Å²) < 4.78 is 0. The molecule has 0 bridgehead atoms. The van der Waals surface area contributed by atoms with Crippen molar-refractivity contribution in [3.05, 3.63) is 48.6 Å². The Balaban J connectivity index is 2.25. The third-order valence-electron chi connectivity index (χ3n) is 3.02. The highest BCUT2D eigenvalue weighted by atomic mass is 15.2. The molecule has 2 N–H and O–H groups in total. The zero-order valence-corrected chi connectivity index (χ0v) is 13.3. The van der Waals surface area contributed by atoms with Gasteiger partial charge in [0.2, 0.25) is 0 Å². The molecule has 1 aromatic rings. The lowest BCUT2D eigenvalue weighted by atomic mass is 10.2. The minimum atomic E-state index is 0.736. The molecule has 0 aliphatic heterocycles. The van der Waals surface area contributed by atoms with Crippen molar-refractivity contribution in [2.75, 3.05) is 33.2 Å². The molecule has 0 atom stereocenters. The molecule has 1 rings (SSSR count). The molecule has 0 saturated heterocycles. The van der Waals surface area contributed by atoms with E-state index in [2.05, 4.69) is 71.4 Å². The molecule has 4 nitrogen and oxygen atoms in total. The van der Waals surface area contributed by atoms with Gasteiger partial charge >= 0.3 is 0 Å². The number of nitrogens with zero attached hydrogens (tertiary/aromatic N) is 2. The summed E-state index contributed by atoms with van der Waals surface area (Å²) in [6, 6.07) is 10.5. The molecular weight excluding hydrogens is 260 g/mol. The molecule has 116 valence electrons. The summed E-state index contributed by atoms with van der Waals surface area (Å²) in [6.45, 7) is 10.2. The normalized spacial score (nSPS) is 11.5. The van der Waals surface area contributed by atoms with E-state index in [-0.39, 0.29) is 0 Å². The van der Waals surface area contributed by atoms with E-state index in [1.807, 2.05) is 6.08 Å². The van der Waals surface area contributed by atoms with Crippen molar-refractivity contribution >= 4 is 5.96 Å². The second kappa shape index (κ2) is 10.9. The predicted octanol–water partition coefficient (Wildman–Crippen LogP) is 2.25. The average molecular weight is 288 g/mol. The Morgan fingerprint density at radius 3 is 2.71 bits per heavy atom. The van der Waals surface area contributed by atoms with Crippen molar-refractivity contribution in [3.63, 3.8) is 0 Å². The smallest absolute Gasteiger partial charge is 0.191 e. The fourth-order valence-corrected chi connectivity index (χ4v) is 2.02. The molecule has 4 heteroatoms. The molecule has 0 aliphatic rings. The van der Waals surface area contributed by atoms with E-state index >= 15 is 0 Å². The number of benzene rings is 1. The van der Waals surface area contributed by atoms with Gasteiger partial charge in [-0.15, -0.1) is 6.58 Å². The van der Waals surface area contributed by atoms with Crippen LogP contribution in [0.4, 0.5) is 0 Å². The van der Waals surface area contributed by atoms with Crippen LogP contribution in [-0.2, 0) is 6.54 Å².